The molecule has 0 saturated carbocycles. The van der Waals surface area contributed by atoms with Gasteiger partial charge in [0.15, 0.2) is 6.19 Å². The number of pyridine rings is 1. The summed E-state index contributed by atoms with van der Waals surface area (Å²) in [5.74, 6) is -1.90. The smallest absolute Gasteiger partial charge is 0.397 e. The maximum absolute atomic E-state index is 14.7. The summed E-state index contributed by atoms with van der Waals surface area (Å²) >= 11 is 0. The molecule has 1 atom stereocenters. The fraction of sp³-hybridized carbons (Fsp3) is 0.176. The number of halogens is 4. The van der Waals surface area contributed by atoms with E-state index in [0.717, 1.165) is 12.1 Å². The van der Waals surface area contributed by atoms with Crippen LogP contribution in [0.3, 0.4) is 0 Å². The maximum atomic E-state index is 14.7. The number of nitrogens with one attached hydrogen (secondary N) is 2. The highest BCUT2D eigenvalue weighted by atomic mass is 19.4. The lowest BCUT2D eigenvalue weighted by atomic mass is 9.89. The lowest BCUT2D eigenvalue weighted by Crippen LogP contribution is -2.33. The third-order valence-corrected chi connectivity index (χ3v) is 4.32. The minimum Gasteiger partial charge on any atom is -0.397 e. The molecule has 148 valence electrons. The van der Waals surface area contributed by atoms with E-state index in [4.69, 9.17) is 16.7 Å². The summed E-state index contributed by atoms with van der Waals surface area (Å²) in [5, 5.41) is 22.8. The zero-order valence-corrected chi connectivity index (χ0v) is 14.7. The van der Waals surface area contributed by atoms with Gasteiger partial charge in [0.1, 0.15) is 35.1 Å². The molecule has 0 aliphatic carbocycles. The van der Waals surface area contributed by atoms with Crippen molar-refractivity contribution >= 4 is 23.3 Å². The Kier molecular flexibility index (Phi) is 4.64. The van der Waals surface area contributed by atoms with Gasteiger partial charge in [0.05, 0.1) is 11.3 Å². The Bertz CT molecular complexity index is 1120. The summed E-state index contributed by atoms with van der Waals surface area (Å²) in [7, 11) is 0. The molecule has 3 rings (SSSR count). The van der Waals surface area contributed by atoms with Crippen LogP contribution >= 0.6 is 0 Å². The number of alkyl halides is 3. The van der Waals surface area contributed by atoms with E-state index in [1.807, 2.05) is 0 Å². The van der Waals surface area contributed by atoms with Crippen molar-refractivity contribution in [1.82, 2.24) is 10.3 Å². The number of nitrogens with two attached hydrogens (primary N) is 2. The molecule has 0 amide bonds. The standard InChI is InChI=1S/C17H12F4N8/c1-6-2-3-8(18)9(11(6)17(19,20)21)13-10-12(24)7(4-22)14(25)28-15(10)29-16(27-13)26-5-23/h2-3,13H,1H3,(H6,24,25,26,27,28,29). The van der Waals surface area contributed by atoms with Crippen LogP contribution in [0.2, 0.25) is 0 Å². The Morgan fingerprint density at radius 3 is 2.48 bits per heavy atom. The molecule has 1 aromatic carbocycles. The Morgan fingerprint density at radius 2 is 1.90 bits per heavy atom. The van der Waals surface area contributed by atoms with Gasteiger partial charge in [-0.2, -0.15) is 23.7 Å². The number of hydrogen-bond acceptors (Lipinski definition) is 8. The molecule has 12 heteroatoms. The number of guanidine groups is 1. The maximum Gasteiger partial charge on any atom is 0.417 e. The van der Waals surface area contributed by atoms with Gasteiger partial charge in [0.25, 0.3) is 0 Å². The molecule has 2 heterocycles. The van der Waals surface area contributed by atoms with E-state index in [0.29, 0.717) is 0 Å². The number of nitrogen functional groups attached to an aromatic ring is 2. The van der Waals surface area contributed by atoms with E-state index in [2.05, 4.69) is 20.6 Å². The quantitative estimate of drug-likeness (QED) is 0.324. The predicted octanol–water partition coefficient (Wildman–Crippen LogP) is 2.53. The third kappa shape index (κ3) is 3.21. The van der Waals surface area contributed by atoms with Crippen LogP contribution in [0.5, 0.6) is 0 Å². The Labute approximate surface area is 161 Å². The summed E-state index contributed by atoms with van der Waals surface area (Å²) in [4.78, 5) is 7.91. The molecule has 29 heavy (non-hydrogen) atoms. The minimum atomic E-state index is -4.90. The average molecular weight is 404 g/mol. The topological polar surface area (TPSA) is 149 Å². The number of aliphatic imine (C=N–C) groups is 1. The third-order valence-electron chi connectivity index (χ3n) is 4.32. The first-order valence-corrected chi connectivity index (χ1v) is 7.95. The molecule has 1 aliphatic rings. The van der Waals surface area contributed by atoms with Gasteiger partial charge in [0.2, 0.25) is 5.96 Å². The molecule has 0 saturated heterocycles. The van der Waals surface area contributed by atoms with Crippen molar-refractivity contribution < 1.29 is 17.6 Å². The Balaban J connectivity index is 2.42. The van der Waals surface area contributed by atoms with Crippen LogP contribution in [-0.4, -0.2) is 10.9 Å². The number of fused-ring (bicyclic) bond motifs is 1. The molecular formula is C17H12F4N8. The highest BCUT2D eigenvalue weighted by Gasteiger charge is 2.41. The van der Waals surface area contributed by atoms with Crippen molar-refractivity contribution in [1.29, 1.82) is 10.5 Å². The average Bonchev–Trinajstić information content (AvgIpc) is 2.62. The number of aromatic nitrogens is 1. The van der Waals surface area contributed by atoms with Crippen LogP contribution in [0.25, 0.3) is 0 Å². The first-order chi connectivity index (χ1) is 13.6. The fourth-order valence-electron chi connectivity index (χ4n) is 3.14. The van der Waals surface area contributed by atoms with Crippen LogP contribution in [0.4, 0.5) is 34.9 Å². The van der Waals surface area contributed by atoms with E-state index in [9.17, 15) is 22.8 Å². The summed E-state index contributed by atoms with van der Waals surface area (Å²) in [6.07, 6.45) is -3.34. The molecule has 1 aromatic heterocycles. The van der Waals surface area contributed by atoms with Crippen molar-refractivity contribution in [2.45, 2.75) is 19.1 Å². The second-order valence-electron chi connectivity index (χ2n) is 6.05. The summed E-state index contributed by atoms with van der Waals surface area (Å²) < 4.78 is 56.0. The van der Waals surface area contributed by atoms with Crippen LogP contribution < -0.4 is 22.1 Å². The molecule has 1 unspecified atom stereocenters. The molecular weight excluding hydrogens is 392 g/mol. The number of benzene rings is 1. The second kappa shape index (κ2) is 6.83. The lowest BCUT2D eigenvalue weighted by Gasteiger charge is -2.28. The Hall–Kier alpha value is -4.06. The van der Waals surface area contributed by atoms with E-state index in [1.54, 1.807) is 12.3 Å². The number of anilines is 3. The van der Waals surface area contributed by atoms with Crippen LogP contribution in [0.1, 0.15) is 33.9 Å². The molecule has 0 radical (unpaired) electrons. The normalized spacial score (nSPS) is 15.4. The van der Waals surface area contributed by atoms with Crippen molar-refractivity contribution in [3.8, 4) is 12.3 Å². The van der Waals surface area contributed by atoms with E-state index >= 15 is 0 Å². The van der Waals surface area contributed by atoms with Crippen LogP contribution in [0.15, 0.2) is 17.1 Å². The number of aryl methyl sites for hydroxylation is 1. The van der Waals surface area contributed by atoms with Gasteiger partial charge in [-0.05, 0) is 18.6 Å². The first kappa shape index (κ1) is 19.7. The highest BCUT2D eigenvalue weighted by molar-refractivity contribution is 5.98. The Morgan fingerprint density at radius 1 is 1.21 bits per heavy atom. The molecule has 2 aromatic rings. The largest absolute Gasteiger partial charge is 0.417 e. The zero-order chi connectivity index (χ0) is 21.5. The van der Waals surface area contributed by atoms with Gasteiger partial charge < -0.3 is 16.8 Å². The SMILES string of the molecule is Cc1ccc(F)c(C2N=C(NC#N)Nc3nc(N)c(C#N)c(N)c32)c1C(F)(F)F. The van der Waals surface area contributed by atoms with Gasteiger partial charge in [-0.15, -0.1) is 0 Å². The second-order valence-corrected chi connectivity index (χ2v) is 6.05. The number of rotatable bonds is 1. The molecule has 0 spiro atoms. The molecule has 6 N–H and O–H groups in total. The number of nitrogens with zero attached hydrogens (tertiary/aromatic N) is 4. The zero-order valence-electron chi connectivity index (χ0n) is 14.7. The fourth-order valence-corrected chi connectivity index (χ4v) is 3.14. The highest BCUT2D eigenvalue weighted by Crippen LogP contribution is 2.46. The van der Waals surface area contributed by atoms with Crippen molar-refractivity contribution in [2.75, 3.05) is 16.8 Å². The van der Waals surface area contributed by atoms with E-state index < -0.39 is 29.2 Å². The van der Waals surface area contributed by atoms with Gasteiger partial charge in [-0.25, -0.2) is 14.4 Å². The predicted molar refractivity (Wildman–Crippen MR) is 95.6 cm³/mol. The molecule has 1 aliphatic heterocycles. The summed E-state index contributed by atoms with van der Waals surface area (Å²) in [5.41, 5.74) is 8.65. The lowest BCUT2D eigenvalue weighted by molar-refractivity contribution is -0.139. The first-order valence-electron chi connectivity index (χ1n) is 7.95. The van der Waals surface area contributed by atoms with Crippen molar-refractivity contribution in [3.05, 3.63) is 45.8 Å². The summed E-state index contributed by atoms with van der Waals surface area (Å²) in [6, 6.07) is 1.95. The van der Waals surface area contributed by atoms with Gasteiger partial charge in [0, 0.05) is 11.1 Å². The van der Waals surface area contributed by atoms with Gasteiger partial charge in [-0.1, -0.05) is 6.07 Å². The minimum absolute atomic E-state index is 0.147. The monoisotopic (exact) mass is 404 g/mol. The molecule has 0 bridgehead atoms. The van der Waals surface area contributed by atoms with Crippen molar-refractivity contribution in [3.63, 3.8) is 0 Å². The molecule has 0 fully saturated rings. The summed E-state index contributed by atoms with van der Waals surface area (Å²) in [6.45, 7) is 1.18. The van der Waals surface area contributed by atoms with E-state index in [-0.39, 0.29) is 40.0 Å². The van der Waals surface area contributed by atoms with Crippen LogP contribution in [-0.2, 0) is 6.18 Å². The van der Waals surface area contributed by atoms with Gasteiger partial charge in [-0.3, -0.25) is 5.32 Å². The van der Waals surface area contributed by atoms with Crippen molar-refractivity contribution in [2.24, 2.45) is 4.99 Å². The number of nitriles is 2. The van der Waals surface area contributed by atoms with Crippen LogP contribution in [0, 0.1) is 35.5 Å². The molecule has 8 nitrogen and oxygen atoms in total. The van der Waals surface area contributed by atoms with E-state index in [1.165, 1.54) is 6.92 Å². The number of hydrogen-bond donors (Lipinski definition) is 4. The van der Waals surface area contributed by atoms with Gasteiger partial charge >= 0.3 is 6.18 Å².